The number of nitrogens with zero attached hydrogens (tertiary/aromatic N) is 1. The minimum atomic E-state index is 0.326. The van der Waals surface area contributed by atoms with Crippen molar-refractivity contribution < 1.29 is 9.47 Å². The maximum Gasteiger partial charge on any atom is 0.131 e. The van der Waals surface area contributed by atoms with Gasteiger partial charge in [-0.25, -0.2) is 0 Å². The third-order valence-corrected chi connectivity index (χ3v) is 3.19. The monoisotopic (exact) mass is 263 g/mol. The number of aliphatic imine (C=N–C) groups is 1. The van der Waals surface area contributed by atoms with Crippen LogP contribution in [-0.2, 0) is 0 Å². The Morgan fingerprint density at radius 2 is 1.63 bits per heavy atom. The topological polar surface area (TPSA) is 30.8 Å². The number of rotatable bonds is 6. The highest BCUT2D eigenvalue weighted by atomic mass is 16.5. The SMILES string of the molecule is COc1ccc(C=NC(C(C)C)C(C)C)c(OC)c1. The van der Waals surface area contributed by atoms with E-state index in [4.69, 9.17) is 14.5 Å². The molecule has 3 nitrogen and oxygen atoms in total. The minimum Gasteiger partial charge on any atom is -0.497 e. The zero-order chi connectivity index (χ0) is 14.4. The van der Waals surface area contributed by atoms with Gasteiger partial charge in [0.1, 0.15) is 11.5 Å². The van der Waals surface area contributed by atoms with Crippen LogP contribution in [0.4, 0.5) is 0 Å². The van der Waals surface area contributed by atoms with Gasteiger partial charge in [-0.1, -0.05) is 27.7 Å². The van der Waals surface area contributed by atoms with Gasteiger partial charge >= 0.3 is 0 Å². The number of hydrogen-bond acceptors (Lipinski definition) is 3. The van der Waals surface area contributed by atoms with Crippen LogP contribution < -0.4 is 9.47 Å². The lowest BCUT2D eigenvalue weighted by Gasteiger charge is -2.20. The number of methoxy groups -OCH3 is 2. The molecule has 0 heterocycles. The first-order chi connectivity index (χ1) is 8.99. The molecule has 1 rings (SSSR count). The maximum atomic E-state index is 5.37. The Hall–Kier alpha value is -1.51. The summed E-state index contributed by atoms with van der Waals surface area (Å²) in [6.45, 7) is 8.81. The van der Waals surface area contributed by atoms with E-state index in [0.29, 0.717) is 17.9 Å². The second kappa shape index (κ2) is 7.17. The van der Waals surface area contributed by atoms with E-state index in [2.05, 4.69) is 27.7 Å². The molecule has 0 saturated heterocycles. The van der Waals surface area contributed by atoms with Crippen LogP contribution in [-0.4, -0.2) is 26.5 Å². The summed E-state index contributed by atoms with van der Waals surface area (Å²) in [4.78, 5) is 4.71. The van der Waals surface area contributed by atoms with E-state index in [1.165, 1.54) is 0 Å². The summed E-state index contributed by atoms with van der Waals surface area (Å²) in [5, 5.41) is 0. The summed E-state index contributed by atoms with van der Waals surface area (Å²) >= 11 is 0. The molecule has 1 aromatic carbocycles. The molecule has 3 heteroatoms. The fourth-order valence-corrected chi connectivity index (χ4v) is 2.21. The molecule has 106 valence electrons. The van der Waals surface area contributed by atoms with Gasteiger partial charge in [-0.05, 0) is 24.0 Å². The van der Waals surface area contributed by atoms with Crippen molar-refractivity contribution in [2.45, 2.75) is 33.7 Å². The van der Waals surface area contributed by atoms with Crippen molar-refractivity contribution in [1.29, 1.82) is 0 Å². The van der Waals surface area contributed by atoms with Gasteiger partial charge < -0.3 is 9.47 Å². The Morgan fingerprint density at radius 3 is 2.11 bits per heavy atom. The van der Waals surface area contributed by atoms with Crippen LogP contribution in [0, 0.1) is 11.8 Å². The van der Waals surface area contributed by atoms with Crippen LogP contribution in [0.25, 0.3) is 0 Å². The first-order valence-electron chi connectivity index (χ1n) is 6.74. The molecule has 0 unspecified atom stereocenters. The van der Waals surface area contributed by atoms with E-state index in [1.807, 2.05) is 24.4 Å². The average Bonchev–Trinajstić information content (AvgIpc) is 2.38. The molecule has 0 N–H and O–H groups in total. The van der Waals surface area contributed by atoms with Gasteiger partial charge in [-0.2, -0.15) is 0 Å². The molecule has 1 aromatic rings. The predicted octanol–water partition coefficient (Wildman–Crippen LogP) is 3.80. The minimum absolute atomic E-state index is 0.326. The summed E-state index contributed by atoms with van der Waals surface area (Å²) in [5.41, 5.74) is 0.981. The van der Waals surface area contributed by atoms with Crippen LogP contribution >= 0.6 is 0 Å². The van der Waals surface area contributed by atoms with Gasteiger partial charge in [0.15, 0.2) is 0 Å². The molecular formula is C16H25NO2. The fourth-order valence-electron chi connectivity index (χ4n) is 2.21. The van der Waals surface area contributed by atoms with Crippen LogP contribution in [0.15, 0.2) is 23.2 Å². The second-order valence-corrected chi connectivity index (χ2v) is 5.36. The number of benzene rings is 1. The molecule has 0 aromatic heterocycles. The summed E-state index contributed by atoms with van der Waals surface area (Å²) < 4.78 is 10.6. The van der Waals surface area contributed by atoms with Gasteiger partial charge in [0, 0.05) is 17.8 Å². The molecule has 0 aliphatic carbocycles. The largest absolute Gasteiger partial charge is 0.497 e. The Morgan fingerprint density at radius 1 is 1.00 bits per heavy atom. The molecule has 0 fully saturated rings. The first kappa shape index (κ1) is 15.5. The maximum absolute atomic E-state index is 5.37. The van der Waals surface area contributed by atoms with Gasteiger partial charge in [0.2, 0.25) is 0 Å². The predicted molar refractivity (Wildman–Crippen MR) is 80.6 cm³/mol. The number of ether oxygens (including phenoxy) is 2. The highest BCUT2D eigenvalue weighted by Crippen LogP contribution is 2.24. The van der Waals surface area contributed by atoms with Gasteiger partial charge in [0.25, 0.3) is 0 Å². The normalized spacial score (nSPS) is 11.8. The van der Waals surface area contributed by atoms with E-state index in [1.54, 1.807) is 14.2 Å². The Kier molecular flexibility index (Phi) is 5.87. The highest BCUT2D eigenvalue weighted by Gasteiger charge is 2.15. The molecule has 0 radical (unpaired) electrons. The lowest BCUT2D eigenvalue weighted by molar-refractivity contribution is 0.388. The third kappa shape index (κ3) is 4.27. The van der Waals surface area contributed by atoms with Crippen LogP contribution in [0.2, 0.25) is 0 Å². The standard InChI is InChI=1S/C16H25NO2/c1-11(2)16(12(3)4)17-10-13-7-8-14(18-5)9-15(13)19-6/h7-12,16H,1-6H3. The van der Waals surface area contributed by atoms with Crippen LogP contribution in [0.5, 0.6) is 11.5 Å². The van der Waals surface area contributed by atoms with Crippen molar-refractivity contribution in [3.8, 4) is 11.5 Å². The van der Waals surface area contributed by atoms with Crippen LogP contribution in [0.1, 0.15) is 33.3 Å². The smallest absolute Gasteiger partial charge is 0.131 e. The van der Waals surface area contributed by atoms with E-state index in [0.717, 1.165) is 17.1 Å². The molecule has 0 atom stereocenters. The lowest BCUT2D eigenvalue weighted by Crippen LogP contribution is -2.20. The summed E-state index contributed by atoms with van der Waals surface area (Å²) in [6.07, 6.45) is 1.91. The van der Waals surface area contributed by atoms with Gasteiger partial charge in [-0.3, -0.25) is 4.99 Å². The molecule has 19 heavy (non-hydrogen) atoms. The summed E-state index contributed by atoms with van der Waals surface area (Å²) in [6, 6.07) is 6.09. The second-order valence-electron chi connectivity index (χ2n) is 5.36. The molecule has 0 bridgehead atoms. The van der Waals surface area contributed by atoms with E-state index < -0.39 is 0 Å². The van der Waals surface area contributed by atoms with Crippen molar-refractivity contribution in [2.24, 2.45) is 16.8 Å². The molecule has 0 saturated carbocycles. The molecule has 0 aliphatic rings. The number of hydrogen-bond donors (Lipinski definition) is 0. The van der Waals surface area contributed by atoms with Crippen molar-refractivity contribution in [1.82, 2.24) is 0 Å². The van der Waals surface area contributed by atoms with Crippen LogP contribution in [0.3, 0.4) is 0 Å². The van der Waals surface area contributed by atoms with E-state index in [-0.39, 0.29) is 0 Å². The van der Waals surface area contributed by atoms with Crippen molar-refractivity contribution >= 4 is 6.21 Å². The van der Waals surface area contributed by atoms with Crippen molar-refractivity contribution in [3.63, 3.8) is 0 Å². The molecule has 0 amide bonds. The third-order valence-electron chi connectivity index (χ3n) is 3.19. The van der Waals surface area contributed by atoms with E-state index >= 15 is 0 Å². The highest BCUT2D eigenvalue weighted by molar-refractivity contribution is 5.84. The van der Waals surface area contributed by atoms with Gasteiger partial charge in [0.05, 0.1) is 20.3 Å². The van der Waals surface area contributed by atoms with Crippen molar-refractivity contribution in [3.05, 3.63) is 23.8 Å². The van der Waals surface area contributed by atoms with E-state index in [9.17, 15) is 0 Å². The fraction of sp³-hybridized carbons (Fsp3) is 0.562. The van der Waals surface area contributed by atoms with Crippen molar-refractivity contribution in [2.75, 3.05) is 14.2 Å². The first-order valence-corrected chi connectivity index (χ1v) is 6.74. The van der Waals surface area contributed by atoms with Gasteiger partial charge in [-0.15, -0.1) is 0 Å². The Bertz CT molecular complexity index is 417. The quantitative estimate of drug-likeness (QED) is 0.731. The summed E-state index contributed by atoms with van der Waals surface area (Å²) in [5.74, 6) is 2.63. The molecule has 0 spiro atoms. The Balaban J connectivity index is 2.97. The Labute approximate surface area is 116 Å². The molecular weight excluding hydrogens is 238 g/mol. The lowest BCUT2D eigenvalue weighted by atomic mass is 9.94. The molecule has 0 aliphatic heterocycles. The summed E-state index contributed by atoms with van der Waals surface area (Å²) in [7, 11) is 3.31. The average molecular weight is 263 g/mol. The zero-order valence-corrected chi connectivity index (χ0v) is 12.8. The zero-order valence-electron chi connectivity index (χ0n) is 12.8.